The van der Waals surface area contributed by atoms with Crippen molar-refractivity contribution in [2.75, 3.05) is 6.26 Å². The van der Waals surface area contributed by atoms with Gasteiger partial charge in [-0.05, 0) is 104 Å². The molecule has 462 valence electrons. The maximum absolute atomic E-state index is 15.8. The van der Waals surface area contributed by atoms with Crippen molar-refractivity contribution in [2.24, 2.45) is 16.8 Å². The third-order valence-corrected chi connectivity index (χ3v) is 18.0. The molecule has 5 aromatic rings. The van der Waals surface area contributed by atoms with Crippen LogP contribution in [0.25, 0.3) is 22.0 Å². The number of rotatable bonds is 19. The average molecular weight is 1300 g/mol. The van der Waals surface area contributed by atoms with Crippen LogP contribution >= 0.6 is 19.4 Å². The van der Waals surface area contributed by atoms with Crippen LogP contribution in [0.1, 0.15) is 92.3 Å². The van der Waals surface area contributed by atoms with Gasteiger partial charge >= 0.3 is 26.1 Å². The Balaban J connectivity index is 1.29. The van der Waals surface area contributed by atoms with Gasteiger partial charge in [-0.3, -0.25) is 38.4 Å². The van der Waals surface area contributed by atoms with Crippen molar-refractivity contribution in [3.05, 3.63) is 122 Å². The van der Waals surface area contributed by atoms with Crippen LogP contribution in [0, 0.1) is 42.2 Å². The summed E-state index contributed by atoms with van der Waals surface area (Å²) in [4.78, 5) is 68.4. The Hall–Kier alpha value is -6.74. The first kappa shape index (κ1) is 65.2. The summed E-state index contributed by atoms with van der Waals surface area (Å²) in [5.41, 5.74) is -7.96. The van der Waals surface area contributed by atoms with Gasteiger partial charge in [0.1, 0.15) is 40.1 Å². The second-order valence-electron chi connectivity index (χ2n) is 22.1. The molecule has 1 fully saturated rings. The Morgan fingerprint density at radius 1 is 1.00 bits per heavy atom. The van der Waals surface area contributed by atoms with Gasteiger partial charge in [-0.2, -0.15) is 31.4 Å². The summed E-state index contributed by atoms with van der Waals surface area (Å²) in [7, 11) is -9.33. The summed E-state index contributed by atoms with van der Waals surface area (Å²) >= 11 is 3.39. The lowest BCUT2D eigenvalue weighted by Gasteiger charge is -2.31. The molecule has 3 unspecified atom stereocenters. The van der Waals surface area contributed by atoms with E-state index in [1.165, 1.54) is 40.7 Å². The number of carboxylic acid groups (broad SMARTS) is 1. The van der Waals surface area contributed by atoms with Gasteiger partial charge < -0.3 is 14.9 Å². The maximum atomic E-state index is 15.8. The molecule has 1 saturated carbocycles. The predicted molar refractivity (Wildman–Crippen MR) is 290 cm³/mol. The Kier molecular flexibility index (Phi) is 17.5. The monoisotopic (exact) mass is 1290 g/mol. The molecule has 3 heterocycles. The minimum absolute atomic E-state index is 0.0909. The van der Waals surface area contributed by atoms with Gasteiger partial charge in [0.05, 0.1) is 53.4 Å². The van der Waals surface area contributed by atoms with E-state index in [9.17, 15) is 86.1 Å². The number of carboxylic acids is 1. The molecule has 2 aromatic heterocycles. The molecule has 5 atom stereocenters. The number of halogens is 11. The number of amides is 2. The second kappa shape index (κ2) is 23.1. The zero-order chi connectivity index (χ0) is 63.9. The van der Waals surface area contributed by atoms with E-state index in [0.717, 1.165) is 48.7 Å². The zero-order valence-corrected chi connectivity index (χ0v) is 49.0. The minimum atomic E-state index is -5.38. The van der Waals surface area contributed by atoms with Crippen LogP contribution in [0.15, 0.2) is 70.7 Å². The fraction of sp³-hybridized carbons (Fsp3) is 0.407. The van der Waals surface area contributed by atoms with Crippen LogP contribution in [-0.2, 0) is 71.4 Å². The molecular formula is C54H50ClF10N6O12PS2. The number of sulfone groups is 1. The van der Waals surface area contributed by atoms with E-state index >= 15 is 8.78 Å². The number of pyridine rings is 1. The number of allylic oxidation sites excluding steroid dienone is 1. The standard InChI is InChI=1S/C54H50ClF10N6O12PS2/c1-25-13-27(18-42(74)75)45(39(14-25)83-84(76,77)78)50(2,3)22-41(73)71(85(79)80)23-38-44-35(55)10-9-32(48(44)70(69-38)24-52(58,59)60)31-8-7-30(11-12-51(4,5)86(6,81)82)66-47(31)37(17-26-15-28(56)19-29(57)16-26)67-40(72)21-36-46-43(49(68-36)54(63,64)65)33-20-34(33)53(46,61)62/h7-10,13-16,19,33-34,36-37H,17-18,20-24H2,1-6H3,(H,67,72)(H,74,75)(H,79,80)(H2,76,77,78)/t33-,34+,36?,37?/m0/s1. The number of hydrogen-bond acceptors (Lipinski definition) is 11. The van der Waals surface area contributed by atoms with Gasteiger partial charge in [0, 0.05) is 57.7 Å². The maximum Gasteiger partial charge on any atom is 0.524 e. The lowest BCUT2D eigenvalue weighted by Crippen LogP contribution is -2.37. The number of phosphoric ester groups is 1. The Morgan fingerprint density at radius 2 is 1.64 bits per heavy atom. The number of nitrogens with one attached hydrogen (secondary N) is 1. The number of benzene rings is 3. The summed E-state index contributed by atoms with van der Waals surface area (Å²) in [6.45, 7) is 3.40. The molecule has 86 heavy (non-hydrogen) atoms. The molecule has 5 N–H and O–H groups in total. The second-order valence-corrected chi connectivity index (χ2v) is 27.1. The van der Waals surface area contributed by atoms with Crippen LogP contribution in [0.3, 0.4) is 0 Å². The first-order valence-corrected chi connectivity index (χ1v) is 30.4. The van der Waals surface area contributed by atoms with Gasteiger partial charge in [0.2, 0.25) is 11.8 Å². The Morgan fingerprint density at radius 3 is 2.22 bits per heavy atom. The molecule has 3 aliphatic rings. The van der Waals surface area contributed by atoms with Gasteiger partial charge in [0.15, 0.2) is 9.84 Å². The van der Waals surface area contributed by atoms with E-state index in [2.05, 4.69) is 32.2 Å². The van der Waals surface area contributed by atoms with E-state index in [1.807, 2.05) is 0 Å². The number of carbonyl (C=O) groups excluding carboxylic acids is 2. The Labute approximate surface area is 490 Å². The summed E-state index contributed by atoms with van der Waals surface area (Å²) in [6.07, 6.45) is -13.3. The summed E-state index contributed by atoms with van der Waals surface area (Å²) < 4.78 is 214. The number of aromatic nitrogens is 3. The topological polar surface area (TPSA) is 268 Å². The first-order chi connectivity index (χ1) is 39.5. The van der Waals surface area contributed by atoms with E-state index in [0.29, 0.717) is 10.7 Å². The van der Waals surface area contributed by atoms with Crippen molar-refractivity contribution in [3.63, 3.8) is 0 Å². The van der Waals surface area contributed by atoms with Gasteiger partial charge in [0.25, 0.3) is 17.2 Å². The lowest BCUT2D eigenvalue weighted by atomic mass is 9.77. The van der Waals surface area contributed by atoms with Crippen molar-refractivity contribution in [1.29, 1.82) is 0 Å². The van der Waals surface area contributed by atoms with E-state index in [-0.39, 0.29) is 49.8 Å². The number of hydrogen-bond donors (Lipinski definition) is 5. The van der Waals surface area contributed by atoms with Crippen molar-refractivity contribution >= 4 is 74.9 Å². The van der Waals surface area contributed by atoms with Crippen molar-refractivity contribution < 1.29 is 99.4 Å². The van der Waals surface area contributed by atoms with E-state index in [1.54, 1.807) is 0 Å². The van der Waals surface area contributed by atoms with Gasteiger partial charge in [-0.25, -0.2) is 44.0 Å². The van der Waals surface area contributed by atoms with Crippen LogP contribution < -0.4 is 9.84 Å². The van der Waals surface area contributed by atoms with Crippen LogP contribution in [0.2, 0.25) is 5.02 Å². The summed E-state index contributed by atoms with van der Waals surface area (Å²) in [6, 6.07) is 5.20. The number of fused-ring (bicyclic) bond motifs is 3. The third-order valence-electron chi connectivity index (χ3n) is 14.6. The fourth-order valence-corrected chi connectivity index (χ4v) is 12.2. The van der Waals surface area contributed by atoms with E-state index < -0.39 is 199 Å². The number of aryl methyl sites for hydroxylation is 1. The van der Waals surface area contributed by atoms with Crippen molar-refractivity contribution in [3.8, 4) is 28.7 Å². The minimum Gasteiger partial charge on any atom is -0.481 e. The molecule has 0 bridgehead atoms. The molecular weight excluding hydrogens is 1250 g/mol. The number of alkyl halides is 8. The van der Waals surface area contributed by atoms with Crippen molar-refractivity contribution in [2.45, 2.75) is 120 Å². The first-order valence-electron chi connectivity index (χ1n) is 25.5. The van der Waals surface area contributed by atoms with Crippen LogP contribution in [-0.4, -0.2) is 110 Å². The number of nitrogens with zero attached hydrogens (tertiary/aromatic N) is 5. The quantitative estimate of drug-likeness (QED) is 0.0223. The Bertz CT molecular complexity index is 3970. The molecule has 3 aromatic carbocycles. The van der Waals surface area contributed by atoms with Gasteiger partial charge in [-0.15, -0.1) is 0 Å². The predicted octanol–water partition coefficient (Wildman–Crippen LogP) is 9.76. The molecule has 8 rings (SSSR count). The van der Waals surface area contributed by atoms with Crippen LogP contribution in [0.4, 0.5) is 43.9 Å². The molecule has 2 amide bonds. The van der Waals surface area contributed by atoms with Crippen LogP contribution in [0.5, 0.6) is 5.75 Å². The highest BCUT2D eigenvalue weighted by molar-refractivity contribution is 7.92. The SMILES string of the molecule is Cc1cc(CC(=O)O)c(C(C)(C)CC(=O)N(Cc2nn(CC(F)(F)F)c3c(-c4ccc(C#CC(C)(C)S(C)(=O)=O)nc4C(Cc4cc(F)cc(F)c4)NC(=O)CC4N=C(C(F)(F)F)C5=C4C(F)(F)[C@@H]4C[C@H]54)ccc(Cl)c23)S(=O)O)c(OP(=O)(O)O)c1. The third kappa shape index (κ3) is 14.0. The van der Waals surface area contributed by atoms with Gasteiger partial charge in [-0.1, -0.05) is 43.5 Å². The molecule has 0 radical (unpaired) electrons. The highest BCUT2D eigenvalue weighted by Crippen LogP contribution is 2.66. The molecule has 32 heteroatoms. The molecule has 0 saturated heterocycles. The smallest absolute Gasteiger partial charge is 0.481 e. The lowest BCUT2D eigenvalue weighted by molar-refractivity contribution is -0.142. The normalized spacial score (nSPS) is 18.4. The number of phosphoric acid groups is 1. The number of aliphatic imine (C=N–C) groups is 1. The summed E-state index contributed by atoms with van der Waals surface area (Å²) in [5.74, 6) is -8.24. The highest BCUT2D eigenvalue weighted by Gasteiger charge is 2.70. The largest absolute Gasteiger partial charge is 0.524 e. The molecule has 1 aliphatic heterocycles. The molecule has 2 aliphatic carbocycles. The summed E-state index contributed by atoms with van der Waals surface area (Å²) in [5, 5.41) is 15.5. The molecule has 18 nitrogen and oxygen atoms in total. The number of carbonyl (C=O) groups is 3. The molecule has 0 spiro atoms. The van der Waals surface area contributed by atoms with E-state index in [4.69, 9.17) is 16.1 Å². The van der Waals surface area contributed by atoms with Crippen molar-refractivity contribution in [1.82, 2.24) is 24.4 Å². The highest BCUT2D eigenvalue weighted by atomic mass is 35.5. The average Bonchev–Trinajstić information content (AvgIpc) is 1.52. The number of aliphatic carboxylic acids is 1. The zero-order valence-electron chi connectivity index (χ0n) is 45.7. The fourth-order valence-electron chi connectivity index (χ4n) is 10.8.